The van der Waals surface area contributed by atoms with Gasteiger partial charge in [0.1, 0.15) is 5.82 Å². The molecular formula is C14H13ClF3N3. The van der Waals surface area contributed by atoms with E-state index in [0.717, 1.165) is 5.82 Å². The van der Waals surface area contributed by atoms with Crippen LogP contribution in [0.2, 0.25) is 0 Å². The van der Waals surface area contributed by atoms with Crippen molar-refractivity contribution in [2.45, 2.75) is 25.1 Å². The van der Waals surface area contributed by atoms with Gasteiger partial charge in [-0.25, -0.2) is 4.98 Å². The minimum Gasteiger partial charge on any atom is -0.362 e. The summed E-state index contributed by atoms with van der Waals surface area (Å²) in [4.78, 5) is 6.11. The lowest BCUT2D eigenvalue weighted by atomic mass is 10.1. The van der Waals surface area contributed by atoms with Gasteiger partial charge in [0.25, 0.3) is 0 Å². The molecule has 0 saturated carbocycles. The number of hydrogen-bond donors (Lipinski definition) is 0. The van der Waals surface area contributed by atoms with Gasteiger partial charge in [-0.1, -0.05) is 6.07 Å². The SMILES string of the molecule is FC(F)(F)c1cc(N2CCn3ccnc3C2)ccc1CCl. The first-order valence-electron chi connectivity index (χ1n) is 6.50. The van der Waals surface area contributed by atoms with Gasteiger partial charge in [0.15, 0.2) is 0 Å². The Labute approximate surface area is 125 Å². The van der Waals surface area contributed by atoms with Gasteiger partial charge >= 0.3 is 6.18 Å². The van der Waals surface area contributed by atoms with E-state index in [1.165, 1.54) is 12.1 Å². The van der Waals surface area contributed by atoms with E-state index in [0.29, 0.717) is 25.3 Å². The summed E-state index contributed by atoms with van der Waals surface area (Å²) in [7, 11) is 0. The maximum absolute atomic E-state index is 13.1. The lowest BCUT2D eigenvalue weighted by molar-refractivity contribution is -0.138. The lowest BCUT2D eigenvalue weighted by Crippen LogP contribution is -2.33. The summed E-state index contributed by atoms with van der Waals surface area (Å²) in [6, 6.07) is 4.31. The van der Waals surface area contributed by atoms with E-state index in [1.807, 2.05) is 15.7 Å². The predicted octanol–water partition coefficient (Wildman–Crippen LogP) is 3.66. The molecule has 1 aliphatic rings. The fourth-order valence-corrected chi connectivity index (χ4v) is 2.77. The molecule has 0 spiro atoms. The number of imidazole rings is 1. The van der Waals surface area contributed by atoms with E-state index in [-0.39, 0.29) is 11.4 Å². The Morgan fingerprint density at radius 2 is 2.05 bits per heavy atom. The number of benzene rings is 1. The summed E-state index contributed by atoms with van der Waals surface area (Å²) in [6.07, 6.45) is -0.810. The van der Waals surface area contributed by atoms with Gasteiger partial charge in [-0.3, -0.25) is 0 Å². The number of nitrogens with zero attached hydrogens (tertiary/aromatic N) is 3. The van der Waals surface area contributed by atoms with Gasteiger partial charge in [-0.2, -0.15) is 13.2 Å². The van der Waals surface area contributed by atoms with Crippen LogP contribution in [0.4, 0.5) is 18.9 Å². The minimum absolute atomic E-state index is 0.103. The van der Waals surface area contributed by atoms with Gasteiger partial charge in [-0.15, -0.1) is 11.6 Å². The summed E-state index contributed by atoms with van der Waals surface area (Å²) < 4.78 is 41.2. The molecule has 0 unspecified atom stereocenters. The first-order chi connectivity index (χ1) is 9.99. The summed E-state index contributed by atoms with van der Waals surface area (Å²) >= 11 is 5.60. The van der Waals surface area contributed by atoms with E-state index >= 15 is 0 Å². The van der Waals surface area contributed by atoms with Crippen molar-refractivity contribution in [3.63, 3.8) is 0 Å². The number of halogens is 4. The fraction of sp³-hybridized carbons (Fsp3) is 0.357. The molecule has 2 heterocycles. The highest BCUT2D eigenvalue weighted by Gasteiger charge is 2.34. The third-order valence-corrected chi connectivity index (χ3v) is 3.94. The van der Waals surface area contributed by atoms with Crippen LogP contribution in [0.3, 0.4) is 0 Å². The van der Waals surface area contributed by atoms with Crippen molar-refractivity contribution in [3.8, 4) is 0 Å². The second kappa shape index (κ2) is 5.26. The van der Waals surface area contributed by atoms with E-state index in [1.54, 1.807) is 12.3 Å². The van der Waals surface area contributed by atoms with E-state index in [9.17, 15) is 13.2 Å². The molecule has 0 aliphatic carbocycles. The molecule has 7 heteroatoms. The molecule has 21 heavy (non-hydrogen) atoms. The highest BCUT2D eigenvalue weighted by atomic mass is 35.5. The van der Waals surface area contributed by atoms with Crippen molar-refractivity contribution in [2.75, 3.05) is 11.4 Å². The summed E-state index contributed by atoms with van der Waals surface area (Å²) in [5, 5.41) is 0. The first-order valence-corrected chi connectivity index (χ1v) is 7.03. The number of anilines is 1. The van der Waals surface area contributed by atoms with E-state index in [2.05, 4.69) is 4.98 Å². The molecule has 1 aromatic carbocycles. The van der Waals surface area contributed by atoms with Crippen LogP contribution in [0, 0.1) is 0 Å². The normalized spacial score (nSPS) is 15.1. The zero-order valence-corrected chi connectivity index (χ0v) is 11.8. The third-order valence-electron chi connectivity index (χ3n) is 3.65. The van der Waals surface area contributed by atoms with Gasteiger partial charge in [0.05, 0.1) is 12.1 Å². The smallest absolute Gasteiger partial charge is 0.362 e. The maximum atomic E-state index is 13.1. The largest absolute Gasteiger partial charge is 0.416 e. The number of rotatable bonds is 2. The third kappa shape index (κ3) is 2.72. The zero-order valence-electron chi connectivity index (χ0n) is 11.1. The molecule has 3 nitrogen and oxygen atoms in total. The van der Waals surface area contributed by atoms with Crippen molar-refractivity contribution in [1.29, 1.82) is 0 Å². The van der Waals surface area contributed by atoms with E-state index < -0.39 is 11.7 Å². The first kappa shape index (κ1) is 14.3. The molecule has 0 N–H and O–H groups in total. The van der Waals surface area contributed by atoms with Crippen LogP contribution in [-0.4, -0.2) is 16.1 Å². The second-order valence-corrected chi connectivity index (χ2v) is 5.20. The molecule has 0 atom stereocenters. The fourth-order valence-electron chi connectivity index (χ4n) is 2.54. The summed E-state index contributed by atoms with van der Waals surface area (Å²) in [5.74, 6) is 0.704. The number of fused-ring (bicyclic) bond motifs is 1. The number of aromatic nitrogens is 2. The molecule has 0 saturated heterocycles. The van der Waals surface area contributed by atoms with Crippen LogP contribution in [0.1, 0.15) is 17.0 Å². The number of alkyl halides is 4. The second-order valence-electron chi connectivity index (χ2n) is 4.93. The standard InChI is InChI=1S/C14H13ClF3N3/c15-8-10-1-2-11(7-12(10)14(16,17)18)21-6-5-20-4-3-19-13(20)9-21/h1-4,7H,5-6,8-9H2. The lowest BCUT2D eigenvalue weighted by Gasteiger charge is -2.30. The van der Waals surface area contributed by atoms with Crippen LogP contribution < -0.4 is 4.90 Å². The van der Waals surface area contributed by atoms with Crippen LogP contribution in [0.25, 0.3) is 0 Å². The van der Waals surface area contributed by atoms with Crippen LogP contribution in [-0.2, 0) is 25.1 Å². The highest BCUT2D eigenvalue weighted by Crippen LogP contribution is 2.35. The van der Waals surface area contributed by atoms with Gasteiger partial charge in [0, 0.05) is 37.1 Å². The van der Waals surface area contributed by atoms with E-state index in [4.69, 9.17) is 11.6 Å². The monoisotopic (exact) mass is 315 g/mol. The predicted molar refractivity (Wildman–Crippen MR) is 74.3 cm³/mol. The minimum atomic E-state index is -4.39. The van der Waals surface area contributed by atoms with Gasteiger partial charge in [-0.05, 0) is 17.7 Å². The Morgan fingerprint density at radius 3 is 2.76 bits per heavy atom. The molecule has 3 rings (SSSR count). The van der Waals surface area contributed by atoms with Gasteiger partial charge in [0.2, 0.25) is 0 Å². The molecule has 0 amide bonds. The quantitative estimate of drug-likeness (QED) is 0.789. The van der Waals surface area contributed by atoms with Crippen LogP contribution >= 0.6 is 11.6 Å². The number of hydrogen-bond acceptors (Lipinski definition) is 2. The summed E-state index contributed by atoms with van der Waals surface area (Å²) in [5.41, 5.74) is -0.0132. The molecule has 0 radical (unpaired) electrons. The van der Waals surface area contributed by atoms with Crippen molar-refractivity contribution in [2.24, 2.45) is 0 Å². The van der Waals surface area contributed by atoms with Crippen LogP contribution in [0.5, 0.6) is 0 Å². The molecule has 0 bridgehead atoms. The Morgan fingerprint density at radius 1 is 1.24 bits per heavy atom. The molecule has 1 aliphatic heterocycles. The molecule has 112 valence electrons. The average molecular weight is 316 g/mol. The molecular weight excluding hydrogens is 303 g/mol. The molecule has 1 aromatic heterocycles. The maximum Gasteiger partial charge on any atom is 0.416 e. The molecule has 0 fully saturated rings. The van der Waals surface area contributed by atoms with Gasteiger partial charge < -0.3 is 9.47 Å². The Balaban J connectivity index is 1.93. The average Bonchev–Trinajstić information content (AvgIpc) is 2.93. The van der Waals surface area contributed by atoms with Crippen molar-refractivity contribution in [3.05, 3.63) is 47.5 Å². The van der Waals surface area contributed by atoms with Crippen molar-refractivity contribution in [1.82, 2.24) is 9.55 Å². The molecule has 2 aromatic rings. The summed E-state index contributed by atoms with van der Waals surface area (Å²) in [6.45, 7) is 1.87. The zero-order chi connectivity index (χ0) is 15.0. The Hall–Kier alpha value is -1.69. The topological polar surface area (TPSA) is 21.1 Å². The van der Waals surface area contributed by atoms with Crippen LogP contribution in [0.15, 0.2) is 30.6 Å². The Kier molecular flexibility index (Phi) is 3.57. The van der Waals surface area contributed by atoms with Crippen molar-refractivity contribution >= 4 is 17.3 Å². The highest BCUT2D eigenvalue weighted by molar-refractivity contribution is 6.17. The Bertz CT molecular complexity index is 651. The van der Waals surface area contributed by atoms with Crippen molar-refractivity contribution < 1.29 is 13.2 Å².